The lowest BCUT2D eigenvalue weighted by Crippen LogP contribution is -2.02. The van der Waals surface area contributed by atoms with E-state index in [1.807, 2.05) is 6.07 Å². The van der Waals surface area contributed by atoms with Crippen LogP contribution in [0.25, 0.3) is 0 Å². The first-order valence-corrected chi connectivity index (χ1v) is 4.93. The van der Waals surface area contributed by atoms with Gasteiger partial charge in [-0.2, -0.15) is 0 Å². The molecular weight excluding hydrogens is 176 g/mol. The molecule has 0 aromatic heterocycles. The van der Waals surface area contributed by atoms with E-state index in [4.69, 9.17) is 4.74 Å². The molecular formula is C12H14O2. The minimum atomic E-state index is 0.112. The molecule has 0 aliphatic heterocycles. The first kappa shape index (κ1) is 9.25. The van der Waals surface area contributed by atoms with Gasteiger partial charge >= 0.3 is 0 Å². The second kappa shape index (κ2) is 3.45. The van der Waals surface area contributed by atoms with E-state index in [2.05, 4.69) is 6.07 Å². The number of fused-ring (bicyclic) bond motifs is 1. The molecule has 1 aliphatic carbocycles. The van der Waals surface area contributed by atoms with E-state index in [0.717, 1.165) is 30.6 Å². The van der Waals surface area contributed by atoms with E-state index >= 15 is 0 Å². The highest BCUT2D eigenvalue weighted by atomic mass is 16.5. The lowest BCUT2D eigenvalue weighted by molar-refractivity contribution is 0.101. The van der Waals surface area contributed by atoms with Crippen molar-refractivity contribution in [3.63, 3.8) is 0 Å². The van der Waals surface area contributed by atoms with E-state index in [9.17, 15) is 4.79 Å². The van der Waals surface area contributed by atoms with Crippen LogP contribution in [0.1, 0.15) is 34.8 Å². The zero-order valence-electron chi connectivity index (χ0n) is 8.59. The molecule has 0 atom stereocenters. The molecule has 0 amide bonds. The number of benzene rings is 1. The van der Waals surface area contributed by atoms with Crippen molar-refractivity contribution in [1.29, 1.82) is 0 Å². The molecule has 2 nitrogen and oxygen atoms in total. The quantitative estimate of drug-likeness (QED) is 0.669. The van der Waals surface area contributed by atoms with Crippen molar-refractivity contribution >= 4 is 5.78 Å². The van der Waals surface area contributed by atoms with Crippen molar-refractivity contribution in [1.82, 2.24) is 0 Å². The highest BCUT2D eigenvalue weighted by molar-refractivity contribution is 5.98. The molecule has 0 fully saturated rings. The molecule has 14 heavy (non-hydrogen) atoms. The standard InChI is InChI=1S/C12H14O2/c1-8(13)12-10-5-3-4-9(10)6-7-11(12)14-2/h6-7H,3-5H2,1-2H3. The summed E-state index contributed by atoms with van der Waals surface area (Å²) in [5.74, 6) is 0.832. The van der Waals surface area contributed by atoms with E-state index in [-0.39, 0.29) is 5.78 Å². The third kappa shape index (κ3) is 1.31. The molecule has 0 bridgehead atoms. The largest absolute Gasteiger partial charge is 0.496 e. The summed E-state index contributed by atoms with van der Waals surface area (Å²) in [7, 11) is 1.61. The van der Waals surface area contributed by atoms with Crippen LogP contribution >= 0.6 is 0 Å². The van der Waals surface area contributed by atoms with Gasteiger partial charge in [-0.25, -0.2) is 0 Å². The monoisotopic (exact) mass is 190 g/mol. The van der Waals surface area contributed by atoms with Gasteiger partial charge in [0.15, 0.2) is 5.78 Å². The summed E-state index contributed by atoms with van der Waals surface area (Å²) in [5.41, 5.74) is 3.32. The average Bonchev–Trinajstić information content (AvgIpc) is 2.62. The molecule has 74 valence electrons. The van der Waals surface area contributed by atoms with Gasteiger partial charge < -0.3 is 4.74 Å². The van der Waals surface area contributed by atoms with Gasteiger partial charge in [0.1, 0.15) is 5.75 Å². The predicted octanol–water partition coefficient (Wildman–Crippen LogP) is 2.39. The summed E-state index contributed by atoms with van der Waals surface area (Å²) in [6.45, 7) is 1.61. The molecule has 0 unspecified atom stereocenters. The predicted molar refractivity (Wildman–Crippen MR) is 55.0 cm³/mol. The van der Waals surface area contributed by atoms with E-state index in [1.54, 1.807) is 14.0 Å². The van der Waals surface area contributed by atoms with E-state index in [1.165, 1.54) is 11.1 Å². The molecule has 1 aromatic carbocycles. The number of rotatable bonds is 2. The summed E-state index contributed by atoms with van der Waals surface area (Å²) < 4.78 is 5.21. The number of ether oxygens (including phenoxy) is 1. The second-order valence-electron chi connectivity index (χ2n) is 3.69. The minimum absolute atomic E-state index is 0.112. The summed E-state index contributed by atoms with van der Waals surface area (Å²) >= 11 is 0. The molecule has 0 saturated heterocycles. The van der Waals surface area contributed by atoms with E-state index < -0.39 is 0 Å². The molecule has 0 heterocycles. The van der Waals surface area contributed by atoms with Crippen molar-refractivity contribution in [3.8, 4) is 5.75 Å². The summed E-state index contributed by atoms with van der Waals surface area (Å²) in [6, 6.07) is 3.98. The van der Waals surface area contributed by atoms with Crippen molar-refractivity contribution in [2.24, 2.45) is 0 Å². The lowest BCUT2D eigenvalue weighted by Gasteiger charge is -2.10. The van der Waals surface area contributed by atoms with Crippen molar-refractivity contribution < 1.29 is 9.53 Å². The minimum Gasteiger partial charge on any atom is -0.496 e. The van der Waals surface area contributed by atoms with Gasteiger partial charge in [-0.05, 0) is 43.4 Å². The number of Topliss-reactive ketones (excluding diaryl/α,β-unsaturated/α-hetero) is 1. The highest BCUT2D eigenvalue weighted by Gasteiger charge is 2.20. The fraction of sp³-hybridized carbons (Fsp3) is 0.417. The average molecular weight is 190 g/mol. The number of carbonyl (C=O) groups is 1. The maximum absolute atomic E-state index is 11.5. The Morgan fingerprint density at radius 3 is 2.79 bits per heavy atom. The van der Waals surface area contributed by atoms with Crippen LogP contribution in [0.3, 0.4) is 0 Å². The van der Waals surface area contributed by atoms with Gasteiger partial charge in [-0.3, -0.25) is 4.79 Å². The maximum atomic E-state index is 11.5. The zero-order chi connectivity index (χ0) is 10.1. The van der Waals surface area contributed by atoms with Crippen LogP contribution in [-0.4, -0.2) is 12.9 Å². The summed E-state index contributed by atoms with van der Waals surface area (Å²) in [4.78, 5) is 11.5. The number of aryl methyl sites for hydroxylation is 1. The summed E-state index contributed by atoms with van der Waals surface area (Å²) in [5, 5.41) is 0. The zero-order valence-corrected chi connectivity index (χ0v) is 8.59. The number of methoxy groups -OCH3 is 1. The Balaban J connectivity index is 2.62. The van der Waals surface area contributed by atoms with Gasteiger partial charge in [-0.15, -0.1) is 0 Å². The molecule has 1 aromatic rings. The fourth-order valence-corrected chi connectivity index (χ4v) is 2.20. The first-order chi connectivity index (χ1) is 6.74. The normalized spacial score (nSPS) is 13.9. The van der Waals surface area contributed by atoms with Gasteiger partial charge in [0, 0.05) is 0 Å². The SMILES string of the molecule is COc1ccc2c(c1C(C)=O)CCC2. The number of hydrogen-bond acceptors (Lipinski definition) is 2. The van der Waals surface area contributed by atoms with Crippen LogP contribution in [0.4, 0.5) is 0 Å². The molecule has 2 rings (SSSR count). The third-order valence-corrected chi connectivity index (χ3v) is 2.82. The third-order valence-electron chi connectivity index (χ3n) is 2.82. The van der Waals surface area contributed by atoms with E-state index in [0.29, 0.717) is 0 Å². The number of ketones is 1. The fourth-order valence-electron chi connectivity index (χ4n) is 2.20. The van der Waals surface area contributed by atoms with Gasteiger partial charge in [0.2, 0.25) is 0 Å². The molecule has 1 aliphatic rings. The van der Waals surface area contributed by atoms with Crippen LogP contribution in [0.2, 0.25) is 0 Å². The Bertz CT molecular complexity index is 380. The topological polar surface area (TPSA) is 26.3 Å². The first-order valence-electron chi connectivity index (χ1n) is 4.93. The van der Waals surface area contributed by atoms with Crippen LogP contribution in [-0.2, 0) is 12.8 Å². The molecule has 0 radical (unpaired) electrons. The Morgan fingerprint density at radius 2 is 2.14 bits per heavy atom. The van der Waals surface area contributed by atoms with Gasteiger partial charge in [0.05, 0.1) is 12.7 Å². The van der Waals surface area contributed by atoms with Gasteiger partial charge in [-0.1, -0.05) is 6.07 Å². The van der Waals surface area contributed by atoms with Crippen LogP contribution in [0.5, 0.6) is 5.75 Å². The Hall–Kier alpha value is -1.31. The Morgan fingerprint density at radius 1 is 1.36 bits per heavy atom. The van der Waals surface area contributed by atoms with Crippen molar-refractivity contribution in [3.05, 3.63) is 28.8 Å². The van der Waals surface area contributed by atoms with Crippen LogP contribution in [0.15, 0.2) is 12.1 Å². The molecule has 0 N–H and O–H groups in total. The molecule has 0 saturated carbocycles. The Kier molecular flexibility index (Phi) is 2.28. The van der Waals surface area contributed by atoms with Crippen molar-refractivity contribution in [2.75, 3.05) is 7.11 Å². The highest BCUT2D eigenvalue weighted by Crippen LogP contribution is 2.31. The van der Waals surface area contributed by atoms with Crippen LogP contribution in [0, 0.1) is 0 Å². The molecule has 2 heteroatoms. The Labute approximate surface area is 83.9 Å². The summed E-state index contributed by atoms with van der Waals surface area (Å²) in [6.07, 6.45) is 3.27. The maximum Gasteiger partial charge on any atom is 0.163 e. The molecule has 0 spiro atoms. The number of carbonyl (C=O) groups excluding carboxylic acids is 1. The number of hydrogen-bond donors (Lipinski definition) is 0. The smallest absolute Gasteiger partial charge is 0.163 e. The van der Waals surface area contributed by atoms with Crippen LogP contribution < -0.4 is 4.74 Å². The van der Waals surface area contributed by atoms with Crippen molar-refractivity contribution in [2.45, 2.75) is 26.2 Å². The second-order valence-corrected chi connectivity index (χ2v) is 3.69. The lowest BCUT2D eigenvalue weighted by atomic mass is 9.99. The van der Waals surface area contributed by atoms with Gasteiger partial charge in [0.25, 0.3) is 0 Å².